The molecule has 10 heteroatoms. The molecule has 188 valence electrons. The van der Waals surface area contributed by atoms with Gasteiger partial charge in [0.25, 0.3) is 0 Å². The zero-order valence-corrected chi connectivity index (χ0v) is 19.7. The zero-order chi connectivity index (χ0) is 25.1. The summed E-state index contributed by atoms with van der Waals surface area (Å²) < 4.78 is 23.0. The van der Waals surface area contributed by atoms with Gasteiger partial charge < -0.3 is 39.1 Å². The number of rotatable bonds is 1. The number of aliphatic hydroxyl groups excluding tert-OH is 2. The maximum Gasteiger partial charge on any atom is 0.339 e. The second-order valence-electron chi connectivity index (χ2n) is 11.8. The fourth-order valence-electron chi connectivity index (χ4n) is 9.14. The van der Waals surface area contributed by atoms with Gasteiger partial charge in [0, 0.05) is 23.3 Å². The average molecular weight is 488 g/mol. The molecule has 0 amide bonds. The molecule has 1 aromatic rings. The van der Waals surface area contributed by atoms with Crippen molar-refractivity contribution in [1.29, 1.82) is 0 Å². The summed E-state index contributed by atoms with van der Waals surface area (Å²) in [5.74, 6) is -3.16. The molecule has 0 unspecified atom stereocenters. The minimum absolute atomic E-state index is 0.00816. The largest absolute Gasteiger partial charge is 0.491 e. The van der Waals surface area contributed by atoms with Crippen molar-refractivity contribution in [3.63, 3.8) is 0 Å². The maximum absolute atomic E-state index is 13.1. The summed E-state index contributed by atoms with van der Waals surface area (Å²) in [6.07, 6.45) is 0.143. The van der Waals surface area contributed by atoms with E-state index < -0.39 is 69.2 Å². The van der Waals surface area contributed by atoms with Gasteiger partial charge in [-0.2, -0.15) is 0 Å². The van der Waals surface area contributed by atoms with E-state index in [1.54, 1.807) is 26.4 Å². The first-order valence-corrected chi connectivity index (χ1v) is 11.9. The maximum atomic E-state index is 13.1. The van der Waals surface area contributed by atoms with Gasteiger partial charge in [-0.3, -0.25) is 4.79 Å². The van der Waals surface area contributed by atoms with Crippen LogP contribution < -0.4 is 0 Å². The second-order valence-corrected chi connectivity index (χ2v) is 11.8. The van der Waals surface area contributed by atoms with Crippen molar-refractivity contribution in [1.82, 2.24) is 0 Å². The lowest BCUT2D eigenvalue weighted by Crippen LogP contribution is -2.77. The molecular formula is C25H28O10. The van der Waals surface area contributed by atoms with Crippen LogP contribution in [0.1, 0.15) is 45.6 Å². The molecule has 3 aliphatic carbocycles. The Bertz CT molecular complexity index is 1220. The lowest BCUT2D eigenvalue weighted by atomic mass is 9.44. The highest BCUT2D eigenvalue weighted by molar-refractivity contribution is 6.04. The van der Waals surface area contributed by atoms with Crippen molar-refractivity contribution in [2.45, 2.75) is 86.9 Å². The van der Waals surface area contributed by atoms with Crippen molar-refractivity contribution >= 4 is 11.8 Å². The number of carbonyl (C=O) groups is 2. The molecule has 35 heavy (non-hydrogen) atoms. The topological polar surface area (TPSA) is 159 Å². The van der Waals surface area contributed by atoms with Gasteiger partial charge in [-0.25, -0.2) is 4.79 Å². The molecule has 6 aliphatic rings. The van der Waals surface area contributed by atoms with Crippen LogP contribution in [0.25, 0.3) is 0 Å². The minimum atomic E-state index is -2.46. The van der Waals surface area contributed by atoms with Gasteiger partial charge in [-0.1, -0.05) is 6.92 Å². The Labute approximate surface area is 200 Å². The van der Waals surface area contributed by atoms with Gasteiger partial charge in [0.05, 0.1) is 24.0 Å². The Balaban J connectivity index is 1.45. The number of epoxide rings is 1. The van der Waals surface area contributed by atoms with Gasteiger partial charge in [0.1, 0.15) is 29.2 Å². The van der Waals surface area contributed by atoms with Crippen LogP contribution in [0.2, 0.25) is 0 Å². The van der Waals surface area contributed by atoms with Crippen molar-refractivity contribution in [3.05, 3.63) is 36.0 Å². The van der Waals surface area contributed by atoms with E-state index in [9.17, 15) is 30.0 Å². The Kier molecular flexibility index (Phi) is 3.57. The highest BCUT2D eigenvalue weighted by Crippen LogP contribution is 2.79. The van der Waals surface area contributed by atoms with Gasteiger partial charge >= 0.3 is 5.97 Å². The van der Waals surface area contributed by atoms with Crippen molar-refractivity contribution in [2.24, 2.45) is 16.7 Å². The van der Waals surface area contributed by atoms with Crippen LogP contribution in [0, 0.1) is 16.7 Å². The van der Waals surface area contributed by atoms with E-state index in [4.69, 9.17) is 18.6 Å². The number of furan rings is 1. The Hall–Kier alpha value is -2.24. The molecule has 3 saturated heterocycles. The number of esters is 1. The third kappa shape index (κ3) is 1.81. The molecule has 10 nitrogen and oxygen atoms in total. The summed E-state index contributed by atoms with van der Waals surface area (Å²) in [4.78, 5) is 25.6. The Morgan fingerprint density at radius 3 is 2.46 bits per heavy atom. The molecule has 4 N–H and O–H groups in total. The van der Waals surface area contributed by atoms with Crippen LogP contribution in [-0.4, -0.2) is 79.0 Å². The number of hydrogen-bond acceptors (Lipinski definition) is 10. The molecule has 1 aromatic heterocycles. The van der Waals surface area contributed by atoms with Gasteiger partial charge in [0.2, 0.25) is 11.4 Å². The van der Waals surface area contributed by atoms with E-state index in [1.807, 2.05) is 13.0 Å². The van der Waals surface area contributed by atoms with Crippen LogP contribution in [0.3, 0.4) is 0 Å². The second kappa shape index (κ2) is 5.68. The molecule has 0 bridgehead atoms. The van der Waals surface area contributed by atoms with Gasteiger partial charge in [-0.15, -0.1) is 0 Å². The molecule has 3 aliphatic heterocycles. The van der Waals surface area contributed by atoms with Gasteiger partial charge in [-0.05, 0) is 38.8 Å². The van der Waals surface area contributed by atoms with Crippen molar-refractivity contribution in [3.8, 4) is 0 Å². The quantitative estimate of drug-likeness (QED) is 0.311. The zero-order valence-electron chi connectivity index (χ0n) is 19.7. The van der Waals surface area contributed by atoms with Crippen LogP contribution >= 0.6 is 0 Å². The van der Waals surface area contributed by atoms with E-state index in [0.717, 1.165) is 11.6 Å². The summed E-state index contributed by atoms with van der Waals surface area (Å²) >= 11 is 0. The number of ketones is 1. The summed E-state index contributed by atoms with van der Waals surface area (Å²) in [7, 11) is 0. The molecule has 2 saturated carbocycles. The van der Waals surface area contributed by atoms with Crippen LogP contribution in [0.4, 0.5) is 0 Å². The average Bonchev–Trinajstić information content (AvgIpc) is 3.06. The third-order valence-electron chi connectivity index (χ3n) is 10.8. The summed E-state index contributed by atoms with van der Waals surface area (Å²) in [5.41, 5.74) is -9.28. The van der Waals surface area contributed by atoms with E-state index in [1.165, 1.54) is 6.92 Å². The predicted octanol–water partition coefficient (Wildman–Crippen LogP) is -0.0683. The SMILES string of the molecule is C[C@]12[C@H](c3ccoc3)C[C@H]3O[C@]31[C@](C)(O)[C@@H]1[C@H](OC3=CC(=O)[C@]4(C)OC(=O)[C@H](O)[C@]4(O)[C@]31C)[C@@H]2O. The number of carbonyl (C=O) groups excluding carboxylic acids is 2. The number of aliphatic hydroxyl groups is 4. The van der Waals surface area contributed by atoms with E-state index in [2.05, 4.69) is 0 Å². The molecule has 0 aromatic carbocycles. The van der Waals surface area contributed by atoms with E-state index in [0.29, 0.717) is 6.42 Å². The summed E-state index contributed by atoms with van der Waals surface area (Å²) in [5, 5.41) is 47.3. The number of hydrogen-bond donors (Lipinski definition) is 4. The van der Waals surface area contributed by atoms with Crippen molar-refractivity contribution < 1.29 is 48.6 Å². The van der Waals surface area contributed by atoms with Crippen LogP contribution in [-0.2, 0) is 23.8 Å². The van der Waals surface area contributed by atoms with Crippen molar-refractivity contribution in [2.75, 3.05) is 0 Å². The third-order valence-corrected chi connectivity index (χ3v) is 10.8. The number of ether oxygens (including phenoxy) is 3. The first-order chi connectivity index (χ1) is 16.2. The highest BCUT2D eigenvalue weighted by Gasteiger charge is 2.93. The summed E-state index contributed by atoms with van der Waals surface area (Å²) in [6.45, 7) is 6.24. The molecule has 7 rings (SSSR count). The first kappa shape index (κ1) is 22.0. The molecule has 1 spiro atoms. The monoisotopic (exact) mass is 488 g/mol. The highest BCUT2D eigenvalue weighted by atomic mass is 16.6. The molecule has 12 atom stereocenters. The fourth-order valence-corrected chi connectivity index (χ4v) is 9.14. The van der Waals surface area contributed by atoms with Gasteiger partial charge in [0.15, 0.2) is 11.7 Å². The first-order valence-electron chi connectivity index (χ1n) is 11.9. The minimum Gasteiger partial charge on any atom is -0.491 e. The van der Waals surface area contributed by atoms with E-state index >= 15 is 0 Å². The van der Waals surface area contributed by atoms with E-state index in [-0.39, 0.29) is 17.8 Å². The Morgan fingerprint density at radius 1 is 1.09 bits per heavy atom. The lowest BCUT2D eigenvalue weighted by Gasteiger charge is -2.60. The predicted molar refractivity (Wildman–Crippen MR) is 113 cm³/mol. The lowest BCUT2D eigenvalue weighted by molar-refractivity contribution is -0.266. The Morgan fingerprint density at radius 2 is 1.80 bits per heavy atom. The number of fused-ring (bicyclic) bond motifs is 5. The summed E-state index contributed by atoms with van der Waals surface area (Å²) in [6, 6.07) is 1.83. The smallest absolute Gasteiger partial charge is 0.339 e. The molecule has 0 radical (unpaired) electrons. The molecular weight excluding hydrogens is 460 g/mol. The molecule has 5 fully saturated rings. The van der Waals surface area contributed by atoms with Crippen LogP contribution in [0.15, 0.2) is 34.8 Å². The normalized spacial score (nSPS) is 59.5. The van der Waals surface area contributed by atoms with Crippen LogP contribution in [0.5, 0.6) is 0 Å². The standard InChI is InChI=1S/C25H28O10/c1-20-11(10-5-6-32-9-10)7-14-25(20,34-14)22(3,30)16-15(17(20)27)33-13-8-12(26)23(4)24(31,21(13,16)2)18(28)19(29)35-23/h5-6,8-9,11,14-18,27-28,30-31H,7H2,1-4H3/t11-,14+,15-,16+,17-,18-,20+,21+,22+,23-,24-,25+/m0/s1. The fraction of sp³-hybridized carbons (Fsp3) is 0.680. The molecule has 4 heterocycles.